The summed E-state index contributed by atoms with van der Waals surface area (Å²) in [4.78, 5) is 25.3. The van der Waals surface area contributed by atoms with E-state index < -0.39 is 11.6 Å². The number of nitrogens with zero attached hydrogens (tertiary/aromatic N) is 1. The van der Waals surface area contributed by atoms with Crippen LogP contribution in [0.15, 0.2) is 0 Å². The molecule has 6 heteroatoms. The second-order valence-electron chi connectivity index (χ2n) is 5.89. The van der Waals surface area contributed by atoms with Crippen molar-refractivity contribution in [1.29, 1.82) is 0 Å². The van der Waals surface area contributed by atoms with E-state index in [9.17, 15) is 14.7 Å². The van der Waals surface area contributed by atoms with Crippen LogP contribution >= 0.6 is 0 Å². The summed E-state index contributed by atoms with van der Waals surface area (Å²) in [5.74, 6) is -0.287. The van der Waals surface area contributed by atoms with E-state index in [1.54, 1.807) is 25.8 Å². The maximum Gasteiger partial charge on any atom is 0.242 e. The first kappa shape index (κ1) is 15.9. The van der Waals surface area contributed by atoms with Gasteiger partial charge in [-0.1, -0.05) is 0 Å². The van der Waals surface area contributed by atoms with E-state index in [0.717, 1.165) is 12.8 Å². The smallest absolute Gasteiger partial charge is 0.242 e. The molecule has 1 aliphatic rings. The molecule has 19 heavy (non-hydrogen) atoms. The number of rotatable bonds is 5. The summed E-state index contributed by atoms with van der Waals surface area (Å²) in [5.41, 5.74) is -0.839. The molecular weight excluding hydrogens is 246 g/mol. The van der Waals surface area contributed by atoms with Gasteiger partial charge in [0.15, 0.2) is 0 Å². The van der Waals surface area contributed by atoms with Crippen LogP contribution < -0.4 is 10.6 Å². The number of likely N-dealkylation sites (N-methyl/N-ethyl adjacent to an activating group) is 1. The number of hydrogen-bond acceptors (Lipinski definition) is 4. The molecule has 1 heterocycles. The van der Waals surface area contributed by atoms with Crippen molar-refractivity contribution in [2.45, 2.75) is 44.8 Å². The molecule has 0 spiro atoms. The van der Waals surface area contributed by atoms with Gasteiger partial charge in [0.05, 0.1) is 12.1 Å². The molecule has 0 saturated carbocycles. The second-order valence-corrected chi connectivity index (χ2v) is 5.89. The van der Waals surface area contributed by atoms with Gasteiger partial charge in [-0.15, -0.1) is 0 Å². The maximum atomic E-state index is 11.9. The second kappa shape index (κ2) is 6.86. The highest BCUT2D eigenvalue weighted by molar-refractivity contribution is 5.88. The Hall–Kier alpha value is -1.14. The monoisotopic (exact) mass is 271 g/mol. The summed E-state index contributed by atoms with van der Waals surface area (Å²) in [7, 11) is 1.77. The quantitative estimate of drug-likeness (QED) is 0.628. The van der Waals surface area contributed by atoms with Gasteiger partial charge in [0.25, 0.3) is 0 Å². The molecule has 1 atom stereocenters. The Morgan fingerprint density at radius 3 is 2.84 bits per heavy atom. The van der Waals surface area contributed by atoms with Gasteiger partial charge in [-0.3, -0.25) is 14.5 Å². The van der Waals surface area contributed by atoms with Gasteiger partial charge < -0.3 is 15.7 Å². The van der Waals surface area contributed by atoms with Crippen LogP contribution in [-0.2, 0) is 9.59 Å². The standard InChI is InChI=1S/C13H25N3O3/c1-13(2,19)9-16(3)8-11(17)15-10-6-4-5-7-14-12(10)18/h10,19H,4-9H2,1-3H3,(H,14,18)(H,15,17). The van der Waals surface area contributed by atoms with E-state index in [4.69, 9.17) is 0 Å². The van der Waals surface area contributed by atoms with Gasteiger partial charge in [0, 0.05) is 13.1 Å². The predicted molar refractivity (Wildman–Crippen MR) is 72.6 cm³/mol. The van der Waals surface area contributed by atoms with Gasteiger partial charge >= 0.3 is 0 Å². The lowest BCUT2D eigenvalue weighted by Crippen LogP contribution is -2.49. The number of carbonyl (C=O) groups is 2. The molecule has 0 aromatic heterocycles. The molecule has 0 aromatic rings. The molecule has 0 aliphatic carbocycles. The molecule has 2 amide bonds. The maximum absolute atomic E-state index is 11.9. The Kier molecular flexibility index (Phi) is 5.75. The number of aliphatic hydroxyl groups is 1. The average Bonchev–Trinajstić information content (AvgIpc) is 2.41. The Morgan fingerprint density at radius 1 is 1.53 bits per heavy atom. The zero-order chi connectivity index (χ0) is 14.5. The molecule has 110 valence electrons. The topological polar surface area (TPSA) is 81.7 Å². The molecule has 6 nitrogen and oxygen atoms in total. The van der Waals surface area contributed by atoms with Gasteiger partial charge in [-0.2, -0.15) is 0 Å². The lowest BCUT2D eigenvalue weighted by molar-refractivity contribution is -0.129. The van der Waals surface area contributed by atoms with Crippen molar-refractivity contribution in [3.05, 3.63) is 0 Å². The lowest BCUT2D eigenvalue weighted by Gasteiger charge is -2.25. The third kappa shape index (κ3) is 6.54. The summed E-state index contributed by atoms with van der Waals surface area (Å²) in [6.07, 6.45) is 2.58. The summed E-state index contributed by atoms with van der Waals surface area (Å²) < 4.78 is 0. The Bertz CT molecular complexity index is 326. The molecule has 1 aliphatic heterocycles. The predicted octanol–water partition coefficient (Wildman–Crippen LogP) is -0.526. The molecular formula is C13H25N3O3. The fraction of sp³-hybridized carbons (Fsp3) is 0.846. The summed E-state index contributed by atoms with van der Waals surface area (Å²) in [5, 5.41) is 15.2. The minimum atomic E-state index is -0.839. The Balaban J connectivity index is 2.39. The number of hydrogen-bond donors (Lipinski definition) is 3. The van der Waals surface area contributed by atoms with Crippen molar-refractivity contribution in [3.63, 3.8) is 0 Å². The lowest BCUT2D eigenvalue weighted by atomic mass is 10.1. The average molecular weight is 271 g/mol. The number of amides is 2. The first-order chi connectivity index (χ1) is 8.78. The van der Waals surface area contributed by atoms with Crippen LogP contribution in [0.3, 0.4) is 0 Å². The van der Waals surface area contributed by atoms with E-state index in [2.05, 4.69) is 10.6 Å². The highest BCUT2D eigenvalue weighted by atomic mass is 16.3. The van der Waals surface area contributed by atoms with Gasteiger partial charge in [-0.25, -0.2) is 0 Å². The van der Waals surface area contributed by atoms with Gasteiger partial charge in [0.2, 0.25) is 11.8 Å². The molecule has 0 aromatic carbocycles. The van der Waals surface area contributed by atoms with Gasteiger partial charge in [0.1, 0.15) is 6.04 Å². The van der Waals surface area contributed by atoms with Crippen LogP contribution in [0.1, 0.15) is 33.1 Å². The van der Waals surface area contributed by atoms with Crippen molar-refractivity contribution < 1.29 is 14.7 Å². The van der Waals surface area contributed by atoms with Crippen LogP contribution in [0, 0.1) is 0 Å². The Labute approximate surface area is 114 Å². The number of carbonyl (C=O) groups excluding carboxylic acids is 2. The SMILES string of the molecule is CN(CC(=O)NC1CCCCNC1=O)CC(C)(C)O. The zero-order valence-electron chi connectivity index (χ0n) is 12.0. The van der Waals surface area contributed by atoms with E-state index in [-0.39, 0.29) is 18.4 Å². The third-order valence-corrected chi connectivity index (χ3v) is 2.94. The first-order valence-electron chi connectivity index (χ1n) is 6.76. The van der Waals surface area contributed by atoms with Crippen LogP contribution in [0.5, 0.6) is 0 Å². The van der Waals surface area contributed by atoms with Crippen molar-refractivity contribution in [2.24, 2.45) is 0 Å². The van der Waals surface area contributed by atoms with Crippen molar-refractivity contribution in [1.82, 2.24) is 15.5 Å². The number of nitrogens with one attached hydrogen (secondary N) is 2. The highest BCUT2D eigenvalue weighted by Gasteiger charge is 2.23. The van der Waals surface area contributed by atoms with E-state index in [0.29, 0.717) is 19.5 Å². The molecule has 1 saturated heterocycles. The fourth-order valence-corrected chi connectivity index (χ4v) is 2.28. The van der Waals surface area contributed by atoms with Gasteiger partial charge in [-0.05, 0) is 40.2 Å². The van der Waals surface area contributed by atoms with Crippen molar-refractivity contribution >= 4 is 11.8 Å². The van der Waals surface area contributed by atoms with Crippen LogP contribution in [0.2, 0.25) is 0 Å². The molecule has 1 rings (SSSR count). The summed E-state index contributed by atoms with van der Waals surface area (Å²) in [6, 6.07) is -0.425. The van der Waals surface area contributed by atoms with Crippen LogP contribution in [0.4, 0.5) is 0 Å². The minimum Gasteiger partial charge on any atom is -0.389 e. The molecule has 1 unspecified atom stereocenters. The summed E-state index contributed by atoms with van der Waals surface area (Å²) >= 11 is 0. The van der Waals surface area contributed by atoms with Crippen LogP contribution in [-0.4, -0.2) is 60.1 Å². The zero-order valence-corrected chi connectivity index (χ0v) is 12.0. The van der Waals surface area contributed by atoms with E-state index in [1.165, 1.54) is 0 Å². The van der Waals surface area contributed by atoms with Crippen molar-refractivity contribution in [2.75, 3.05) is 26.7 Å². The molecule has 0 bridgehead atoms. The van der Waals surface area contributed by atoms with Crippen molar-refractivity contribution in [3.8, 4) is 0 Å². The largest absolute Gasteiger partial charge is 0.389 e. The normalized spacial score (nSPS) is 20.9. The third-order valence-electron chi connectivity index (χ3n) is 2.94. The minimum absolute atomic E-state index is 0.101. The molecule has 0 radical (unpaired) electrons. The first-order valence-corrected chi connectivity index (χ1v) is 6.76. The molecule has 1 fully saturated rings. The Morgan fingerprint density at radius 2 is 2.21 bits per heavy atom. The molecule has 3 N–H and O–H groups in total. The highest BCUT2D eigenvalue weighted by Crippen LogP contribution is 2.06. The summed E-state index contributed by atoms with van der Waals surface area (Å²) in [6.45, 7) is 4.65. The van der Waals surface area contributed by atoms with E-state index in [1.807, 2.05) is 0 Å². The van der Waals surface area contributed by atoms with Crippen LogP contribution in [0.25, 0.3) is 0 Å². The van der Waals surface area contributed by atoms with E-state index >= 15 is 0 Å². The fourth-order valence-electron chi connectivity index (χ4n) is 2.28.